The number of hydrogen-bond donors (Lipinski definition) is 2. The molecule has 2 N–H and O–H groups in total. The molecule has 32 heavy (non-hydrogen) atoms. The third kappa shape index (κ3) is 5.74. The first-order valence-corrected chi connectivity index (χ1v) is 13.5. The SMILES string of the molecule is O=C(CNc1cc(S(=O)(=O)N2CCCCC2)ccc1N1CCOCC1)NC1CCCCC1. The lowest BCUT2D eigenvalue weighted by Crippen LogP contribution is -2.40. The largest absolute Gasteiger partial charge is 0.378 e. The molecular weight excluding hydrogens is 428 g/mol. The van der Waals surface area contributed by atoms with Crippen LogP contribution in [-0.2, 0) is 19.6 Å². The van der Waals surface area contributed by atoms with E-state index in [1.54, 1.807) is 16.4 Å². The fraction of sp³-hybridized carbons (Fsp3) is 0.696. The minimum Gasteiger partial charge on any atom is -0.378 e. The van der Waals surface area contributed by atoms with Crippen LogP contribution >= 0.6 is 0 Å². The van der Waals surface area contributed by atoms with Gasteiger partial charge in [-0.25, -0.2) is 8.42 Å². The molecule has 178 valence electrons. The van der Waals surface area contributed by atoms with Gasteiger partial charge in [0.15, 0.2) is 0 Å². The molecule has 0 bridgehead atoms. The molecule has 1 saturated carbocycles. The summed E-state index contributed by atoms with van der Waals surface area (Å²) in [7, 11) is -3.54. The van der Waals surface area contributed by atoms with E-state index in [4.69, 9.17) is 4.74 Å². The van der Waals surface area contributed by atoms with Gasteiger partial charge < -0.3 is 20.3 Å². The number of anilines is 2. The van der Waals surface area contributed by atoms with E-state index in [9.17, 15) is 13.2 Å². The van der Waals surface area contributed by atoms with Crippen molar-refractivity contribution in [2.24, 2.45) is 0 Å². The molecule has 0 aromatic heterocycles. The van der Waals surface area contributed by atoms with Crippen LogP contribution in [0.1, 0.15) is 51.4 Å². The van der Waals surface area contributed by atoms with Gasteiger partial charge in [0.2, 0.25) is 15.9 Å². The molecule has 0 spiro atoms. The van der Waals surface area contributed by atoms with Gasteiger partial charge in [-0.15, -0.1) is 0 Å². The molecule has 0 atom stereocenters. The number of rotatable bonds is 7. The smallest absolute Gasteiger partial charge is 0.243 e. The highest BCUT2D eigenvalue weighted by Crippen LogP contribution is 2.31. The summed E-state index contributed by atoms with van der Waals surface area (Å²) < 4.78 is 33.5. The van der Waals surface area contributed by atoms with Crippen LogP contribution < -0.4 is 15.5 Å². The van der Waals surface area contributed by atoms with Crippen molar-refractivity contribution in [2.75, 3.05) is 56.2 Å². The van der Waals surface area contributed by atoms with Crippen LogP contribution in [-0.4, -0.2) is 70.6 Å². The van der Waals surface area contributed by atoms with Gasteiger partial charge in [0, 0.05) is 32.2 Å². The van der Waals surface area contributed by atoms with Crippen molar-refractivity contribution in [3.8, 4) is 0 Å². The van der Waals surface area contributed by atoms with Crippen molar-refractivity contribution in [3.63, 3.8) is 0 Å². The Labute approximate surface area is 191 Å². The monoisotopic (exact) mass is 464 g/mol. The van der Waals surface area contributed by atoms with Gasteiger partial charge in [0.1, 0.15) is 0 Å². The zero-order chi connectivity index (χ0) is 22.4. The highest BCUT2D eigenvalue weighted by Gasteiger charge is 2.27. The van der Waals surface area contributed by atoms with Crippen LogP contribution in [0.5, 0.6) is 0 Å². The standard InChI is InChI=1S/C23H36N4O4S/c28-23(25-19-7-3-1-4-8-19)18-24-21-17-20(32(29,30)27-11-5-2-6-12-27)9-10-22(21)26-13-15-31-16-14-26/h9-10,17,19,24H,1-8,11-16,18H2,(H,25,28). The van der Waals surface area contributed by atoms with Crippen molar-refractivity contribution in [1.29, 1.82) is 0 Å². The molecule has 1 aliphatic carbocycles. The molecule has 2 heterocycles. The Morgan fingerprint density at radius 1 is 0.969 bits per heavy atom. The number of sulfonamides is 1. The molecule has 3 aliphatic rings. The molecule has 0 unspecified atom stereocenters. The van der Waals surface area contributed by atoms with Crippen LogP contribution in [0.3, 0.4) is 0 Å². The quantitative estimate of drug-likeness (QED) is 0.645. The molecule has 2 saturated heterocycles. The van der Waals surface area contributed by atoms with Crippen molar-refractivity contribution < 1.29 is 17.9 Å². The highest BCUT2D eigenvalue weighted by atomic mass is 32.2. The summed E-state index contributed by atoms with van der Waals surface area (Å²) in [6.45, 7) is 4.01. The fourth-order valence-electron chi connectivity index (χ4n) is 4.85. The van der Waals surface area contributed by atoms with Crippen molar-refractivity contribution in [3.05, 3.63) is 18.2 Å². The van der Waals surface area contributed by atoms with Gasteiger partial charge in [-0.05, 0) is 43.9 Å². The number of nitrogens with one attached hydrogen (secondary N) is 2. The molecule has 4 rings (SSSR count). The number of morpholine rings is 1. The molecule has 1 aromatic carbocycles. The summed E-state index contributed by atoms with van der Waals surface area (Å²) in [5, 5.41) is 6.36. The Hall–Kier alpha value is -1.84. The predicted molar refractivity (Wildman–Crippen MR) is 126 cm³/mol. The summed E-state index contributed by atoms with van der Waals surface area (Å²) in [6, 6.07) is 5.51. The second-order valence-electron chi connectivity index (χ2n) is 9.00. The first-order valence-electron chi connectivity index (χ1n) is 12.0. The van der Waals surface area contributed by atoms with E-state index in [1.165, 1.54) is 6.42 Å². The third-order valence-corrected chi connectivity index (χ3v) is 8.58. The van der Waals surface area contributed by atoms with Gasteiger partial charge in [0.05, 0.1) is 36.0 Å². The van der Waals surface area contributed by atoms with Crippen LogP contribution in [0, 0.1) is 0 Å². The first kappa shape index (κ1) is 23.3. The molecule has 1 aromatic rings. The summed E-state index contributed by atoms with van der Waals surface area (Å²) in [4.78, 5) is 15.0. The predicted octanol–water partition coefficient (Wildman–Crippen LogP) is 2.56. The molecule has 2 aliphatic heterocycles. The summed E-state index contributed by atoms with van der Waals surface area (Å²) in [6.07, 6.45) is 8.51. The maximum Gasteiger partial charge on any atom is 0.243 e. The lowest BCUT2D eigenvalue weighted by Gasteiger charge is -2.31. The Morgan fingerprint density at radius 3 is 2.38 bits per heavy atom. The Kier molecular flexibility index (Phi) is 7.91. The van der Waals surface area contributed by atoms with Crippen LogP contribution in [0.4, 0.5) is 11.4 Å². The third-order valence-electron chi connectivity index (χ3n) is 6.68. The average Bonchev–Trinajstić information content (AvgIpc) is 2.84. The zero-order valence-corrected chi connectivity index (χ0v) is 19.7. The minimum atomic E-state index is -3.54. The van der Waals surface area contributed by atoms with Crippen molar-refractivity contribution in [1.82, 2.24) is 9.62 Å². The number of piperidine rings is 1. The van der Waals surface area contributed by atoms with Crippen LogP contribution in [0.15, 0.2) is 23.1 Å². The van der Waals surface area contributed by atoms with E-state index in [0.717, 1.165) is 63.7 Å². The number of nitrogens with zero attached hydrogens (tertiary/aromatic N) is 2. The van der Waals surface area contributed by atoms with Crippen LogP contribution in [0.25, 0.3) is 0 Å². The number of amides is 1. The molecule has 3 fully saturated rings. The van der Waals surface area contributed by atoms with E-state index in [-0.39, 0.29) is 23.4 Å². The molecule has 0 radical (unpaired) electrons. The zero-order valence-electron chi connectivity index (χ0n) is 18.9. The summed E-state index contributed by atoms with van der Waals surface area (Å²) >= 11 is 0. The first-order chi connectivity index (χ1) is 15.5. The highest BCUT2D eigenvalue weighted by molar-refractivity contribution is 7.89. The molecular formula is C23H36N4O4S. The Bertz CT molecular complexity index is 874. The average molecular weight is 465 g/mol. The van der Waals surface area contributed by atoms with Crippen molar-refractivity contribution >= 4 is 27.3 Å². The Balaban J connectivity index is 1.51. The molecule has 9 heteroatoms. The van der Waals surface area contributed by atoms with Crippen LogP contribution in [0.2, 0.25) is 0 Å². The lowest BCUT2D eigenvalue weighted by atomic mass is 9.95. The van der Waals surface area contributed by atoms with E-state index in [0.29, 0.717) is 32.0 Å². The van der Waals surface area contributed by atoms with E-state index in [1.807, 2.05) is 6.07 Å². The van der Waals surface area contributed by atoms with Gasteiger partial charge in [-0.2, -0.15) is 4.31 Å². The number of benzene rings is 1. The van der Waals surface area contributed by atoms with E-state index in [2.05, 4.69) is 15.5 Å². The fourth-order valence-corrected chi connectivity index (χ4v) is 6.40. The number of carbonyl (C=O) groups excluding carboxylic acids is 1. The minimum absolute atomic E-state index is 0.0471. The summed E-state index contributed by atoms with van der Waals surface area (Å²) in [5.41, 5.74) is 1.60. The van der Waals surface area contributed by atoms with Gasteiger partial charge in [-0.1, -0.05) is 25.7 Å². The lowest BCUT2D eigenvalue weighted by molar-refractivity contribution is -0.120. The van der Waals surface area contributed by atoms with Crippen molar-refractivity contribution in [2.45, 2.75) is 62.3 Å². The van der Waals surface area contributed by atoms with E-state index < -0.39 is 10.0 Å². The number of carbonyl (C=O) groups is 1. The molecule has 8 nitrogen and oxygen atoms in total. The summed E-state index contributed by atoms with van der Waals surface area (Å²) in [5.74, 6) is -0.0471. The Morgan fingerprint density at radius 2 is 1.66 bits per heavy atom. The molecule has 1 amide bonds. The second-order valence-corrected chi connectivity index (χ2v) is 10.9. The van der Waals surface area contributed by atoms with E-state index >= 15 is 0 Å². The maximum absolute atomic E-state index is 13.2. The second kappa shape index (κ2) is 10.9. The number of ether oxygens (including phenoxy) is 1. The normalized spacial score (nSPS) is 21.3. The van der Waals surface area contributed by atoms with Gasteiger partial charge >= 0.3 is 0 Å². The van der Waals surface area contributed by atoms with Gasteiger partial charge in [-0.3, -0.25) is 4.79 Å². The maximum atomic E-state index is 13.2. The number of hydrogen-bond acceptors (Lipinski definition) is 6. The van der Waals surface area contributed by atoms with Gasteiger partial charge in [0.25, 0.3) is 0 Å². The topological polar surface area (TPSA) is 91.0 Å².